The quantitative estimate of drug-likeness (QED) is 0.436. The van der Waals surface area contributed by atoms with Gasteiger partial charge in [-0.15, -0.1) is 6.58 Å². The van der Waals surface area contributed by atoms with E-state index in [0.717, 1.165) is 54.8 Å². The Morgan fingerprint density at radius 3 is 2.93 bits per heavy atom. The highest BCUT2D eigenvalue weighted by molar-refractivity contribution is 6.07. The standard InChI is InChI=1S/C23H26N4/c1-3-5-14-27(13-4-2)26-21-15-20-18-10-7-6-9-17(18)16-25-23(20)22-19(21)11-8-12-24-22/h3,6-12,15,25-26H,1,4-5,13-14,16H2,2H3. The summed E-state index contributed by atoms with van der Waals surface area (Å²) in [7, 11) is 0. The van der Waals surface area contributed by atoms with Gasteiger partial charge in [-0.1, -0.05) is 37.3 Å². The molecule has 0 saturated heterocycles. The van der Waals surface area contributed by atoms with Crippen molar-refractivity contribution in [3.63, 3.8) is 0 Å². The lowest BCUT2D eigenvalue weighted by Gasteiger charge is -2.27. The van der Waals surface area contributed by atoms with Crippen molar-refractivity contribution >= 4 is 22.3 Å². The average Bonchev–Trinajstić information content (AvgIpc) is 2.72. The predicted octanol–water partition coefficient (Wildman–Crippen LogP) is 5.44. The fourth-order valence-electron chi connectivity index (χ4n) is 3.76. The largest absolute Gasteiger partial charge is 0.379 e. The zero-order chi connectivity index (χ0) is 18.6. The molecule has 0 saturated carbocycles. The first-order valence-corrected chi connectivity index (χ1v) is 9.68. The van der Waals surface area contributed by atoms with Gasteiger partial charge in [0.1, 0.15) is 0 Å². The first-order chi connectivity index (χ1) is 13.3. The Morgan fingerprint density at radius 2 is 2.07 bits per heavy atom. The lowest BCUT2D eigenvalue weighted by Crippen LogP contribution is -2.31. The van der Waals surface area contributed by atoms with Gasteiger partial charge < -0.3 is 10.7 Å². The van der Waals surface area contributed by atoms with E-state index < -0.39 is 0 Å². The summed E-state index contributed by atoms with van der Waals surface area (Å²) in [6, 6.07) is 15.0. The van der Waals surface area contributed by atoms with Crippen LogP contribution in [0.15, 0.2) is 61.3 Å². The second-order valence-corrected chi connectivity index (χ2v) is 6.93. The van der Waals surface area contributed by atoms with E-state index in [2.05, 4.69) is 65.7 Å². The predicted molar refractivity (Wildman–Crippen MR) is 115 cm³/mol. The molecule has 27 heavy (non-hydrogen) atoms. The molecule has 0 aliphatic carbocycles. The first kappa shape index (κ1) is 17.6. The zero-order valence-electron chi connectivity index (χ0n) is 15.8. The van der Waals surface area contributed by atoms with E-state index in [1.165, 1.54) is 16.7 Å². The minimum absolute atomic E-state index is 0.836. The molecule has 4 heteroatoms. The Morgan fingerprint density at radius 1 is 1.19 bits per heavy atom. The number of rotatable bonds is 7. The summed E-state index contributed by atoms with van der Waals surface area (Å²) in [5.74, 6) is 0. The number of aromatic nitrogens is 1. The van der Waals surface area contributed by atoms with Gasteiger partial charge in [-0.2, -0.15) is 0 Å². The van der Waals surface area contributed by atoms with Gasteiger partial charge in [0.2, 0.25) is 0 Å². The molecule has 1 aliphatic heterocycles. The van der Waals surface area contributed by atoms with Gasteiger partial charge in [0.25, 0.3) is 0 Å². The van der Waals surface area contributed by atoms with Crippen LogP contribution in [0.4, 0.5) is 11.4 Å². The van der Waals surface area contributed by atoms with E-state index in [1.807, 2.05) is 18.3 Å². The lowest BCUT2D eigenvalue weighted by atomic mass is 9.92. The summed E-state index contributed by atoms with van der Waals surface area (Å²) >= 11 is 0. The van der Waals surface area contributed by atoms with Gasteiger partial charge in [-0.05, 0) is 42.2 Å². The van der Waals surface area contributed by atoms with E-state index in [-0.39, 0.29) is 0 Å². The topological polar surface area (TPSA) is 40.2 Å². The fourth-order valence-corrected chi connectivity index (χ4v) is 3.76. The maximum Gasteiger partial charge on any atom is 0.0960 e. The van der Waals surface area contributed by atoms with Gasteiger partial charge >= 0.3 is 0 Å². The summed E-state index contributed by atoms with van der Waals surface area (Å²) in [4.78, 5) is 4.71. The molecule has 2 heterocycles. The molecule has 1 aromatic heterocycles. The molecule has 0 atom stereocenters. The second-order valence-electron chi connectivity index (χ2n) is 6.93. The Bertz CT molecular complexity index is 964. The van der Waals surface area contributed by atoms with Crippen LogP contribution < -0.4 is 10.7 Å². The van der Waals surface area contributed by atoms with Crippen molar-refractivity contribution in [1.82, 2.24) is 9.99 Å². The third-order valence-electron chi connectivity index (χ3n) is 5.03. The Labute approximate surface area is 160 Å². The number of hydrazine groups is 1. The summed E-state index contributed by atoms with van der Waals surface area (Å²) in [6.07, 6.45) is 5.89. The molecular weight excluding hydrogens is 332 g/mol. The van der Waals surface area contributed by atoms with Gasteiger partial charge in [0.05, 0.1) is 16.9 Å². The lowest BCUT2D eigenvalue weighted by molar-refractivity contribution is 0.337. The van der Waals surface area contributed by atoms with Crippen molar-refractivity contribution < 1.29 is 0 Å². The number of pyridine rings is 1. The normalized spacial score (nSPS) is 12.4. The Kier molecular flexibility index (Phi) is 5.07. The van der Waals surface area contributed by atoms with Crippen molar-refractivity contribution in [3.8, 4) is 11.1 Å². The molecule has 4 rings (SSSR count). The van der Waals surface area contributed by atoms with Crippen LogP contribution in [0.1, 0.15) is 25.3 Å². The van der Waals surface area contributed by atoms with Crippen molar-refractivity contribution in [3.05, 3.63) is 66.9 Å². The highest BCUT2D eigenvalue weighted by Gasteiger charge is 2.20. The molecular formula is C23H26N4. The number of hydrogen-bond donors (Lipinski definition) is 2. The number of anilines is 2. The van der Waals surface area contributed by atoms with Crippen molar-refractivity contribution in [2.24, 2.45) is 0 Å². The molecule has 0 fully saturated rings. The van der Waals surface area contributed by atoms with Crippen molar-refractivity contribution in [2.75, 3.05) is 23.8 Å². The highest BCUT2D eigenvalue weighted by atomic mass is 15.5. The van der Waals surface area contributed by atoms with Crippen LogP contribution in [0.3, 0.4) is 0 Å². The van der Waals surface area contributed by atoms with Crippen LogP contribution >= 0.6 is 0 Å². The number of benzene rings is 2. The third-order valence-corrected chi connectivity index (χ3v) is 5.03. The average molecular weight is 358 g/mol. The van der Waals surface area contributed by atoms with Gasteiger partial charge in [-0.25, -0.2) is 5.01 Å². The van der Waals surface area contributed by atoms with Crippen LogP contribution in [0.25, 0.3) is 22.0 Å². The van der Waals surface area contributed by atoms with Gasteiger partial charge in [-0.3, -0.25) is 4.98 Å². The molecule has 2 N–H and O–H groups in total. The summed E-state index contributed by atoms with van der Waals surface area (Å²) in [6.45, 7) is 8.82. The van der Waals surface area contributed by atoms with Crippen LogP contribution in [0.2, 0.25) is 0 Å². The second kappa shape index (κ2) is 7.80. The molecule has 0 spiro atoms. The van der Waals surface area contributed by atoms with Crippen molar-refractivity contribution in [1.29, 1.82) is 0 Å². The maximum absolute atomic E-state index is 4.71. The fraction of sp³-hybridized carbons (Fsp3) is 0.261. The van der Waals surface area contributed by atoms with Gasteiger partial charge in [0, 0.05) is 36.8 Å². The monoisotopic (exact) mass is 358 g/mol. The third kappa shape index (κ3) is 3.40. The first-order valence-electron chi connectivity index (χ1n) is 9.68. The summed E-state index contributed by atoms with van der Waals surface area (Å²) < 4.78 is 0. The van der Waals surface area contributed by atoms with Crippen LogP contribution in [0.5, 0.6) is 0 Å². The molecule has 2 aromatic carbocycles. The minimum atomic E-state index is 0.836. The van der Waals surface area contributed by atoms with Crippen molar-refractivity contribution in [2.45, 2.75) is 26.3 Å². The van der Waals surface area contributed by atoms with E-state index in [1.54, 1.807) is 0 Å². The minimum Gasteiger partial charge on any atom is -0.379 e. The SMILES string of the molecule is C=CCCN(CCC)Nc1cc2c(c3ncccc13)NCc1ccccc1-2. The van der Waals surface area contributed by atoms with Crippen LogP contribution in [0, 0.1) is 0 Å². The molecule has 0 bridgehead atoms. The highest BCUT2D eigenvalue weighted by Crippen LogP contribution is 2.42. The number of fused-ring (bicyclic) bond motifs is 5. The van der Waals surface area contributed by atoms with Gasteiger partial charge in [0.15, 0.2) is 0 Å². The summed E-state index contributed by atoms with van der Waals surface area (Å²) in [5.41, 5.74) is 10.7. The van der Waals surface area contributed by atoms with E-state index >= 15 is 0 Å². The van der Waals surface area contributed by atoms with Crippen LogP contribution in [-0.4, -0.2) is 23.1 Å². The summed E-state index contributed by atoms with van der Waals surface area (Å²) in [5, 5.41) is 7.00. The Balaban J connectivity index is 1.83. The molecule has 1 aliphatic rings. The van der Waals surface area contributed by atoms with E-state index in [0.29, 0.717) is 0 Å². The smallest absolute Gasteiger partial charge is 0.0960 e. The molecule has 4 nitrogen and oxygen atoms in total. The number of nitrogens with zero attached hydrogens (tertiary/aromatic N) is 2. The zero-order valence-corrected chi connectivity index (χ0v) is 15.8. The molecule has 3 aromatic rings. The number of hydrogen-bond acceptors (Lipinski definition) is 4. The molecule has 138 valence electrons. The maximum atomic E-state index is 4.71. The van der Waals surface area contributed by atoms with E-state index in [9.17, 15) is 0 Å². The molecule has 0 unspecified atom stereocenters. The van der Waals surface area contributed by atoms with E-state index in [4.69, 9.17) is 4.98 Å². The molecule has 0 amide bonds. The number of nitrogens with one attached hydrogen (secondary N) is 2. The van der Waals surface area contributed by atoms with Crippen LogP contribution in [-0.2, 0) is 6.54 Å². The Hall–Kier alpha value is -2.85. The molecule has 0 radical (unpaired) electrons.